The van der Waals surface area contributed by atoms with Gasteiger partial charge < -0.3 is 10.6 Å². The highest BCUT2D eigenvalue weighted by Gasteiger charge is 2.15. The number of amides is 1. The van der Waals surface area contributed by atoms with Gasteiger partial charge >= 0.3 is 0 Å². The Labute approximate surface area is 125 Å². The topological polar surface area (TPSA) is 46.3 Å². The standard InChI is InChI=1S/C14H15BrN2OS/c1-2-17(9-11-4-3-7-19-11)14(18)10-5-6-13(16)12(15)8-10/h3-8H,2,9,16H2,1H3. The van der Waals surface area contributed by atoms with E-state index < -0.39 is 0 Å². The van der Waals surface area contributed by atoms with Gasteiger partial charge in [0.1, 0.15) is 0 Å². The first-order valence-corrected chi connectivity index (χ1v) is 7.65. The zero-order valence-corrected chi connectivity index (χ0v) is 13.0. The van der Waals surface area contributed by atoms with Gasteiger partial charge in [0.25, 0.3) is 5.91 Å². The summed E-state index contributed by atoms with van der Waals surface area (Å²) in [7, 11) is 0. The molecule has 0 saturated heterocycles. The lowest BCUT2D eigenvalue weighted by Crippen LogP contribution is -2.30. The largest absolute Gasteiger partial charge is 0.398 e. The van der Waals surface area contributed by atoms with Crippen molar-refractivity contribution in [1.82, 2.24) is 4.90 Å². The number of benzene rings is 1. The lowest BCUT2D eigenvalue weighted by atomic mass is 10.2. The minimum Gasteiger partial charge on any atom is -0.398 e. The van der Waals surface area contributed by atoms with Crippen molar-refractivity contribution < 1.29 is 4.79 Å². The molecule has 5 heteroatoms. The first-order chi connectivity index (χ1) is 9.11. The lowest BCUT2D eigenvalue weighted by Gasteiger charge is -2.20. The van der Waals surface area contributed by atoms with Crippen molar-refractivity contribution in [3.63, 3.8) is 0 Å². The van der Waals surface area contributed by atoms with Gasteiger partial charge in [-0.25, -0.2) is 0 Å². The number of carbonyl (C=O) groups is 1. The summed E-state index contributed by atoms with van der Waals surface area (Å²) in [6.07, 6.45) is 0. The van der Waals surface area contributed by atoms with Crippen molar-refractivity contribution in [1.29, 1.82) is 0 Å². The number of hydrogen-bond acceptors (Lipinski definition) is 3. The molecule has 1 aromatic carbocycles. The molecule has 1 heterocycles. The molecule has 0 radical (unpaired) electrons. The summed E-state index contributed by atoms with van der Waals surface area (Å²) in [5.74, 6) is 0.0246. The van der Waals surface area contributed by atoms with Crippen LogP contribution in [-0.4, -0.2) is 17.4 Å². The van der Waals surface area contributed by atoms with E-state index in [1.165, 1.54) is 4.88 Å². The average molecular weight is 339 g/mol. The van der Waals surface area contributed by atoms with Crippen molar-refractivity contribution in [2.75, 3.05) is 12.3 Å². The zero-order chi connectivity index (χ0) is 13.8. The number of nitrogens with two attached hydrogens (primary N) is 1. The summed E-state index contributed by atoms with van der Waals surface area (Å²) < 4.78 is 0.755. The molecule has 2 aromatic rings. The van der Waals surface area contributed by atoms with Crippen LogP contribution in [0.5, 0.6) is 0 Å². The Bertz CT molecular complexity index is 569. The van der Waals surface area contributed by atoms with Crippen molar-refractivity contribution in [2.24, 2.45) is 0 Å². The van der Waals surface area contributed by atoms with Crippen LogP contribution >= 0.6 is 27.3 Å². The maximum atomic E-state index is 12.4. The predicted molar refractivity (Wildman–Crippen MR) is 83.3 cm³/mol. The quantitative estimate of drug-likeness (QED) is 0.863. The number of hydrogen-bond donors (Lipinski definition) is 1. The molecule has 1 amide bonds. The summed E-state index contributed by atoms with van der Waals surface area (Å²) in [5, 5.41) is 2.02. The Kier molecular flexibility index (Phi) is 4.61. The Morgan fingerprint density at radius 2 is 2.21 bits per heavy atom. The van der Waals surface area contributed by atoms with Gasteiger partial charge in [0.05, 0.1) is 6.54 Å². The molecule has 0 saturated carbocycles. The van der Waals surface area contributed by atoms with Crippen LogP contribution in [0, 0.1) is 0 Å². The minimum atomic E-state index is 0.0246. The van der Waals surface area contributed by atoms with E-state index in [0.717, 1.165) is 4.47 Å². The van der Waals surface area contributed by atoms with Crippen LogP contribution in [0.25, 0.3) is 0 Å². The highest BCUT2D eigenvalue weighted by molar-refractivity contribution is 9.10. The van der Waals surface area contributed by atoms with Crippen molar-refractivity contribution in [3.8, 4) is 0 Å². The number of halogens is 1. The fourth-order valence-electron chi connectivity index (χ4n) is 1.76. The fourth-order valence-corrected chi connectivity index (χ4v) is 2.86. The second-order valence-electron chi connectivity index (χ2n) is 4.13. The Balaban J connectivity index is 2.18. The first kappa shape index (κ1) is 14.1. The minimum absolute atomic E-state index is 0.0246. The predicted octanol–water partition coefficient (Wildman–Crippen LogP) is 3.76. The molecule has 0 atom stereocenters. The Hall–Kier alpha value is -1.33. The van der Waals surface area contributed by atoms with Gasteiger partial charge in [-0.05, 0) is 52.5 Å². The van der Waals surface area contributed by atoms with E-state index in [4.69, 9.17) is 5.73 Å². The smallest absolute Gasteiger partial charge is 0.254 e. The molecule has 2 rings (SSSR count). The third-order valence-corrected chi connectivity index (χ3v) is 4.39. The fraction of sp³-hybridized carbons (Fsp3) is 0.214. The Morgan fingerprint density at radius 1 is 1.42 bits per heavy atom. The number of thiophene rings is 1. The molecule has 0 aliphatic rings. The van der Waals surface area contributed by atoms with Gasteiger partial charge in [-0.3, -0.25) is 4.79 Å². The van der Waals surface area contributed by atoms with Crippen LogP contribution in [-0.2, 0) is 6.54 Å². The van der Waals surface area contributed by atoms with E-state index in [2.05, 4.69) is 15.9 Å². The first-order valence-electron chi connectivity index (χ1n) is 5.98. The lowest BCUT2D eigenvalue weighted by molar-refractivity contribution is 0.0754. The third-order valence-electron chi connectivity index (χ3n) is 2.84. The molecule has 0 aliphatic carbocycles. The second-order valence-corrected chi connectivity index (χ2v) is 6.02. The molecule has 0 bridgehead atoms. The third kappa shape index (κ3) is 3.36. The second kappa shape index (κ2) is 6.21. The summed E-state index contributed by atoms with van der Waals surface area (Å²) in [6.45, 7) is 3.31. The molecule has 0 aliphatic heterocycles. The van der Waals surface area contributed by atoms with Gasteiger partial charge in [0, 0.05) is 27.1 Å². The van der Waals surface area contributed by atoms with E-state index >= 15 is 0 Å². The SMILES string of the molecule is CCN(Cc1cccs1)C(=O)c1ccc(N)c(Br)c1. The maximum Gasteiger partial charge on any atom is 0.254 e. The van der Waals surface area contributed by atoms with Crippen molar-refractivity contribution in [2.45, 2.75) is 13.5 Å². The summed E-state index contributed by atoms with van der Waals surface area (Å²) in [6, 6.07) is 9.32. The van der Waals surface area contributed by atoms with Gasteiger partial charge in [0.15, 0.2) is 0 Å². The number of nitrogen functional groups attached to an aromatic ring is 1. The van der Waals surface area contributed by atoms with Crippen LogP contribution in [0.4, 0.5) is 5.69 Å². The summed E-state index contributed by atoms with van der Waals surface area (Å²) >= 11 is 5.01. The van der Waals surface area contributed by atoms with Crippen LogP contribution in [0.3, 0.4) is 0 Å². The van der Waals surface area contributed by atoms with E-state index in [1.54, 1.807) is 29.5 Å². The van der Waals surface area contributed by atoms with Crippen molar-refractivity contribution in [3.05, 3.63) is 50.6 Å². The average Bonchev–Trinajstić information content (AvgIpc) is 2.91. The van der Waals surface area contributed by atoms with E-state index in [1.807, 2.05) is 29.3 Å². The van der Waals surface area contributed by atoms with Gasteiger partial charge in [-0.15, -0.1) is 11.3 Å². The van der Waals surface area contributed by atoms with E-state index in [0.29, 0.717) is 24.3 Å². The van der Waals surface area contributed by atoms with Crippen LogP contribution < -0.4 is 5.73 Å². The molecule has 3 nitrogen and oxygen atoms in total. The van der Waals surface area contributed by atoms with E-state index in [-0.39, 0.29) is 5.91 Å². The van der Waals surface area contributed by atoms with Gasteiger partial charge in [-0.1, -0.05) is 6.07 Å². The maximum absolute atomic E-state index is 12.4. The molecular weight excluding hydrogens is 324 g/mol. The zero-order valence-electron chi connectivity index (χ0n) is 10.6. The monoisotopic (exact) mass is 338 g/mol. The molecule has 2 N–H and O–H groups in total. The molecule has 100 valence electrons. The molecular formula is C14H15BrN2OS. The molecule has 0 fully saturated rings. The number of rotatable bonds is 4. The summed E-state index contributed by atoms with van der Waals surface area (Å²) in [5.41, 5.74) is 7.03. The van der Waals surface area contributed by atoms with Gasteiger partial charge in [0.2, 0.25) is 0 Å². The van der Waals surface area contributed by atoms with Crippen LogP contribution in [0.1, 0.15) is 22.2 Å². The highest BCUT2D eigenvalue weighted by atomic mass is 79.9. The molecule has 1 aromatic heterocycles. The number of carbonyl (C=O) groups excluding carboxylic acids is 1. The molecule has 0 spiro atoms. The highest BCUT2D eigenvalue weighted by Crippen LogP contribution is 2.22. The number of anilines is 1. The molecule has 0 unspecified atom stereocenters. The van der Waals surface area contributed by atoms with Crippen LogP contribution in [0.2, 0.25) is 0 Å². The normalized spacial score (nSPS) is 10.4. The van der Waals surface area contributed by atoms with Crippen LogP contribution in [0.15, 0.2) is 40.2 Å². The number of nitrogens with zero attached hydrogens (tertiary/aromatic N) is 1. The van der Waals surface area contributed by atoms with Gasteiger partial charge in [-0.2, -0.15) is 0 Å². The summed E-state index contributed by atoms with van der Waals surface area (Å²) in [4.78, 5) is 15.4. The Morgan fingerprint density at radius 3 is 2.79 bits per heavy atom. The van der Waals surface area contributed by atoms with E-state index in [9.17, 15) is 4.79 Å². The van der Waals surface area contributed by atoms with Crippen molar-refractivity contribution >= 4 is 38.9 Å². The molecule has 19 heavy (non-hydrogen) atoms.